The average Bonchev–Trinajstić information content (AvgIpc) is 2.91. The van der Waals surface area contributed by atoms with Gasteiger partial charge in [-0.1, -0.05) is 5.16 Å². The lowest BCUT2D eigenvalue weighted by molar-refractivity contribution is -0.115. The molecule has 0 saturated carbocycles. The highest BCUT2D eigenvalue weighted by Gasteiger charge is 2.21. The third-order valence-electron chi connectivity index (χ3n) is 3.81. The number of anilines is 2. The maximum atomic E-state index is 12.1. The van der Waals surface area contributed by atoms with Gasteiger partial charge in [-0.05, 0) is 14.0 Å². The lowest BCUT2D eigenvalue weighted by Crippen LogP contribution is -2.34. The molecule has 0 spiro atoms. The maximum absolute atomic E-state index is 12.1. The van der Waals surface area contributed by atoms with Gasteiger partial charge in [-0.3, -0.25) is 4.79 Å². The molecule has 2 aromatic rings. The number of nitrogens with zero attached hydrogens (tertiary/aromatic N) is 5. The molecule has 0 fully saturated rings. The van der Waals surface area contributed by atoms with Crippen molar-refractivity contribution in [1.29, 1.82) is 0 Å². The SMILES string of the molecule is Cc1cc(NC(=O)CN(C)c2ncnc3c2CN(C)CC3)no1. The molecule has 8 heteroatoms. The van der Waals surface area contributed by atoms with E-state index in [0.29, 0.717) is 11.6 Å². The number of fused-ring (bicyclic) bond motifs is 1. The van der Waals surface area contributed by atoms with Crippen LogP contribution < -0.4 is 10.2 Å². The smallest absolute Gasteiger partial charge is 0.245 e. The van der Waals surface area contributed by atoms with Gasteiger partial charge in [0.2, 0.25) is 5.91 Å². The van der Waals surface area contributed by atoms with Crippen LogP contribution >= 0.6 is 0 Å². The van der Waals surface area contributed by atoms with Gasteiger partial charge in [0.05, 0.1) is 12.2 Å². The molecular weight excluding hydrogens is 296 g/mol. The molecule has 2 aromatic heterocycles. The first kappa shape index (κ1) is 15.4. The van der Waals surface area contributed by atoms with Gasteiger partial charge in [-0.2, -0.15) is 0 Å². The molecule has 0 atom stereocenters. The second kappa shape index (κ2) is 6.33. The average molecular weight is 316 g/mol. The van der Waals surface area contributed by atoms with E-state index in [2.05, 4.69) is 32.4 Å². The predicted octanol–water partition coefficient (Wildman–Crippen LogP) is 0.836. The number of hydrogen-bond acceptors (Lipinski definition) is 7. The number of nitrogens with one attached hydrogen (secondary N) is 1. The Morgan fingerprint density at radius 3 is 3.04 bits per heavy atom. The van der Waals surface area contributed by atoms with Crippen molar-refractivity contribution in [3.8, 4) is 0 Å². The minimum atomic E-state index is -0.169. The summed E-state index contributed by atoms with van der Waals surface area (Å²) in [6.45, 7) is 3.73. The van der Waals surface area contributed by atoms with Gasteiger partial charge in [0.1, 0.15) is 17.9 Å². The van der Waals surface area contributed by atoms with Crippen LogP contribution in [0.1, 0.15) is 17.0 Å². The van der Waals surface area contributed by atoms with E-state index in [-0.39, 0.29) is 12.5 Å². The summed E-state index contributed by atoms with van der Waals surface area (Å²) in [5.41, 5.74) is 2.15. The van der Waals surface area contributed by atoms with Gasteiger partial charge in [-0.25, -0.2) is 9.97 Å². The Bertz CT molecular complexity index is 714. The molecule has 23 heavy (non-hydrogen) atoms. The molecule has 0 aromatic carbocycles. The van der Waals surface area contributed by atoms with Crippen LogP contribution in [0.5, 0.6) is 0 Å². The zero-order valence-corrected chi connectivity index (χ0v) is 13.5. The van der Waals surface area contributed by atoms with Gasteiger partial charge in [-0.15, -0.1) is 0 Å². The van der Waals surface area contributed by atoms with Crippen LogP contribution in [0, 0.1) is 6.92 Å². The Hall–Kier alpha value is -2.48. The number of carbonyl (C=O) groups is 1. The van der Waals surface area contributed by atoms with Crippen LogP contribution in [-0.2, 0) is 17.8 Å². The Balaban J connectivity index is 1.71. The topological polar surface area (TPSA) is 87.4 Å². The second-order valence-electron chi connectivity index (χ2n) is 5.84. The third-order valence-corrected chi connectivity index (χ3v) is 3.81. The summed E-state index contributed by atoms with van der Waals surface area (Å²) >= 11 is 0. The van der Waals surface area contributed by atoms with Crippen molar-refractivity contribution < 1.29 is 9.32 Å². The zero-order chi connectivity index (χ0) is 16.4. The molecular formula is C15H20N6O2. The summed E-state index contributed by atoms with van der Waals surface area (Å²) in [7, 11) is 3.92. The monoisotopic (exact) mass is 316 g/mol. The van der Waals surface area contributed by atoms with Crippen LogP contribution in [0.4, 0.5) is 11.6 Å². The number of likely N-dealkylation sites (N-methyl/N-ethyl adjacent to an activating group) is 2. The zero-order valence-electron chi connectivity index (χ0n) is 13.5. The van der Waals surface area contributed by atoms with E-state index in [4.69, 9.17) is 4.52 Å². The Morgan fingerprint density at radius 2 is 2.30 bits per heavy atom. The summed E-state index contributed by atoms with van der Waals surface area (Å²) in [6, 6.07) is 1.68. The Morgan fingerprint density at radius 1 is 1.48 bits per heavy atom. The van der Waals surface area contributed by atoms with Gasteiger partial charge in [0.25, 0.3) is 0 Å². The van der Waals surface area contributed by atoms with Crippen molar-refractivity contribution in [3.63, 3.8) is 0 Å². The van der Waals surface area contributed by atoms with Gasteiger partial charge < -0.3 is 19.6 Å². The van der Waals surface area contributed by atoms with E-state index in [1.807, 2.05) is 11.9 Å². The molecule has 1 amide bonds. The maximum Gasteiger partial charge on any atom is 0.245 e. The molecule has 3 heterocycles. The molecule has 122 valence electrons. The minimum absolute atomic E-state index is 0.169. The fourth-order valence-corrected chi connectivity index (χ4v) is 2.69. The van der Waals surface area contributed by atoms with E-state index in [0.717, 1.165) is 36.6 Å². The van der Waals surface area contributed by atoms with Crippen molar-refractivity contribution in [3.05, 3.63) is 29.4 Å². The minimum Gasteiger partial charge on any atom is -0.360 e. The summed E-state index contributed by atoms with van der Waals surface area (Å²) in [4.78, 5) is 24.9. The Kier molecular flexibility index (Phi) is 4.24. The molecule has 0 radical (unpaired) electrons. The molecule has 0 bridgehead atoms. The number of hydrogen-bond donors (Lipinski definition) is 1. The number of aromatic nitrogens is 3. The van der Waals surface area contributed by atoms with Crippen LogP contribution in [0.3, 0.4) is 0 Å². The first-order chi connectivity index (χ1) is 11.0. The number of rotatable bonds is 4. The second-order valence-corrected chi connectivity index (χ2v) is 5.84. The molecule has 1 aliphatic rings. The highest BCUT2D eigenvalue weighted by atomic mass is 16.5. The standard InChI is InChI=1S/C15H20N6O2/c1-10-6-13(19-23-10)18-14(22)8-21(3)15-11-7-20(2)5-4-12(11)16-9-17-15/h6,9H,4-5,7-8H2,1-3H3,(H,18,19,22). The molecule has 0 saturated heterocycles. The third kappa shape index (κ3) is 3.48. The van der Waals surface area contributed by atoms with Crippen molar-refractivity contribution in [2.75, 3.05) is 37.4 Å². The van der Waals surface area contributed by atoms with Crippen LogP contribution in [0.2, 0.25) is 0 Å². The summed E-state index contributed by atoms with van der Waals surface area (Å²) in [5, 5.41) is 6.47. The van der Waals surface area contributed by atoms with E-state index < -0.39 is 0 Å². The normalized spacial score (nSPS) is 14.4. The van der Waals surface area contributed by atoms with Crippen LogP contribution in [0.25, 0.3) is 0 Å². The van der Waals surface area contributed by atoms with Crippen LogP contribution in [-0.4, -0.2) is 53.1 Å². The highest BCUT2D eigenvalue weighted by molar-refractivity contribution is 5.93. The first-order valence-corrected chi connectivity index (χ1v) is 7.48. The molecule has 1 aliphatic heterocycles. The Labute approximate surface area is 134 Å². The lowest BCUT2D eigenvalue weighted by atomic mass is 10.1. The highest BCUT2D eigenvalue weighted by Crippen LogP contribution is 2.24. The van der Waals surface area contributed by atoms with Crippen molar-refractivity contribution in [2.24, 2.45) is 0 Å². The molecule has 3 rings (SSSR count). The van der Waals surface area contributed by atoms with Crippen molar-refractivity contribution in [2.45, 2.75) is 19.9 Å². The summed E-state index contributed by atoms with van der Waals surface area (Å²) in [5.74, 6) is 1.71. The van der Waals surface area contributed by atoms with Crippen LogP contribution in [0.15, 0.2) is 16.9 Å². The molecule has 0 aliphatic carbocycles. The van der Waals surface area contributed by atoms with E-state index in [9.17, 15) is 4.79 Å². The lowest BCUT2D eigenvalue weighted by Gasteiger charge is -2.28. The van der Waals surface area contributed by atoms with E-state index in [1.165, 1.54) is 0 Å². The number of amides is 1. The predicted molar refractivity (Wildman–Crippen MR) is 85.2 cm³/mol. The van der Waals surface area contributed by atoms with E-state index in [1.54, 1.807) is 19.3 Å². The largest absolute Gasteiger partial charge is 0.360 e. The quantitative estimate of drug-likeness (QED) is 0.894. The number of aryl methyl sites for hydroxylation is 1. The fraction of sp³-hybridized carbons (Fsp3) is 0.467. The van der Waals surface area contributed by atoms with Crippen molar-refractivity contribution >= 4 is 17.5 Å². The van der Waals surface area contributed by atoms with Gasteiger partial charge in [0, 0.05) is 38.2 Å². The molecule has 0 unspecified atom stereocenters. The first-order valence-electron chi connectivity index (χ1n) is 7.48. The van der Waals surface area contributed by atoms with Crippen molar-refractivity contribution in [1.82, 2.24) is 20.0 Å². The summed E-state index contributed by atoms with van der Waals surface area (Å²) in [6.07, 6.45) is 2.47. The number of carbonyl (C=O) groups excluding carboxylic acids is 1. The van der Waals surface area contributed by atoms with E-state index >= 15 is 0 Å². The summed E-state index contributed by atoms with van der Waals surface area (Å²) < 4.78 is 4.94. The molecule has 1 N–H and O–H groups in total. The fourth-order valence-electron chi connectivity index (χ4n) is 2.69. The van der Waals surface area contributed by atoms with Gasteiger partial charge in [0.15, 0.2) is 5.82 Å². The van der Waals surface area contributed by atoms with Gasteiger partial charge >= 0.3 is 0 Å². The molecule has 8 nitrogen and oxygen atoms in total.